The number of rotatable bonds is 5. The van der Waals surface area contributed by atoms with E-state index in [1.165, 1.54) is 13.2 Å². The van der Waals surface area contributed by atoms with Crippen LogP contribution in [0.2, 0.25) is 5.02 Å². The molecular formula is C18H17ClO4. The van der Waals surface area contributed by atoms with Crippen molar-refractivity contribution in [2.75, 3.05) is 13.7 Å². The van der Waals surface area contributed by atoms with E-state index in [0.717, 1.165) is 11.1 Å². The molecule has 2 aromatic carbocycles. The van der Waals surface area contributed by atoms with Gasteiger partial charge in [0.15, 0.2) is 12.4 Å². The van der Waals surface area contributed by atoms with Crippen molar-refractivity contribution in [1.82, 2.24) is 0 Å². The Hall–Kier alpha value is -2.33. The van der Waals surface area contributed by atoms with Gasteiger partial charge < -0.3 is 9.47 Å². The predicted molar refractivity (Wildman–Crippen MR) is 88.5 cm³/mol. The summed E-state index contributed by atoms with van der Waals surface area (Å²) in [6.45, 7) is 3.37. The van der Waals surface area contributed by atoms with Crippen LogP contribution in [0.1, 0.15) is 31.8 Å². The van der Waals surface area contributed by atoms with Gasteiger partial charge >= 0.3 is 5.97 Å². The van der Waals surface area contributed by atoms with Crippen molar-refractivity contribution < 1.29 is 19.1 Å². The van der Waals surface area contributed by atoms with Crippen molar-refractivity contribution in [3.05, 3.63) is 63.7 Å². The lowest BCUT2D eigenvalue weighted by Crippen LogP contribution is -2.15. The van der Waals surface area contributed by atoms with Crippen LogP contribution in [0.5, 0.6) is 5.75 Å². The summed E-state index contributed by atoms with van der Waals surface area (Å²) in [6.07, 6.45) is 0. The van der Waals surface area contributed by atoms with Crippen LogP contribution in [-0.4, -0.2) is 25.5 Å². The molecule has 0 saturated carbocycles. The number of hydrogen-bond acceptors (Lipinski definition) is 4. The Labute approximate surface area is 140 Å². The Morgan fingerprint density at radius 2 is 1.83 bits per heavy atom. The van der Waals surface area contributed by atoms with Crippen LogP contribution in [-0.2, 0) is 4.74 Å². The monoisotopic (exact) mass is 332 g/mol. The Balaban J connectivity index is 2.05. The number of methoxy groups -OCH3 is 1. The molecule has 0 aliphatic heterocycles. The highest BCUT2D eigenvalue weighted by Crippen LogP contribution is 2.25. The molecule has 120 valence electrons. The molecule has 0 bridgehead atoms. The highest BCUT2D eigenvalue weighted by atomic mass is 35.5. The van der Waals surface area contributed by atoms with Crippen LogP contribution < -0.4 is 4.74 Å². The Morgan fingerprint density at radius 3 is 2.48 bits per heavy atom. The second kappa shape index (κ2) is 7.29. The summed E-state index contributed by atoms with van der Waals surface area (Å²) in [7, 11) is 1.49. The van der Waals surface area contributed by atoms with E-state index in [2.05, 4.69) is 0 Å². The smallest absolute Gasteiger partial charge is 0.338 e. The molecule has 0 N–H and O–H groups in total. The molecule has 0 aromatic heterocycles. The second-order valence-corrected chi connectivity index (χ2v) is 5.57. The fourth-order valence-electron chi connectivity index (χ4n) is 2.09. The second-order valence-electron chi connectivity index (χ2n) is 5.17. The van der Waals surface area contributed by atoms with E-state index < -0.39 is 5.97 Å². The molecule has 0 atom stereocenters. The summed E-state index contributed by atoms with van der Waals surface area (Å²) >= 11 is 5.99. The van der Waals surface area contributed by atoms with Crippen molar-refractivity contribution >= 4 is 23.4 Å². The number of carbonyl (C=O) groups excluding carboxylic acids is 2. The fourth-order valence-corrected chi connectivity index (χ4v) is 2.35. The average molecular weight is 333 g/mol. The number of ketones is 1. The standard InChI is InChI=1S/C18H17ClO4/c1-11-4-5-12(2)14(8-11)18(21)23-10-16(20)13-6-7-17(22-3)15(19)9-13/h4-9H,10H2,1-3H3. The van der Waals surface area contributed by atoms with E-state index in [1.54, 1.807) is 18.2 Å². The minimum Gasteiger partial charge on any atom is -0.495 e. The van der Waals surface area contributed by atoms with Gasteiger partial charge in [0.1, 0.15) is 5.75 Å². The minimum absolute atomic E-state index is 0.326. The largest absolute Gasteiger partial charge is 0.495 e. The summed E-state index contributed by atoms with van der Waals surface area (Å²) in [6, 6.07) is 10.2. The lowest BCUT2D eigenvalue weighted by atomic mass is 10.1. The van der Waals surface area contributed by atoms with Gasteiger partial charge in [0.2, 0.25) is 0 Å². The van der Waals surface area contributed by atoms with Crippen LogP contribution in [0, 0.1) is 13.8 Å². The van der Waals surface area contributed by atoms with Gasteiger partial charge in [-0.2, -0.15) is 0 Å². The first-order valence-corrected chi connectivity index (χ1v) is 7.41. The van der Waals surface area contributed by atoms with Crippen LogP contribution >= 0.6 is 11.6 Å². The van der Waals surface area contributed by atoms with Gasteiger partial charge in [-0.05, 0) is 43.7 Å². The average Bonchev–Trinajstić information content (AvgIpc) is 2.54. The van der Waals surface area contributed by atoms with Gasteiger partial charge in [0.05, 0.1) is 17.7 Å². The van der Waals surface area contributed by atoms with Crippen molar-refractivity contribution in [2.24, 2.45) is 0 Å². The third-order valence-electron chi connectivity index (χ3n) is 3.42. The molecule has 0 unspecified atom stereocenters. The van der Waals surface area contributed by atoms with E-state index >= 15 is 0 Å². The van der Waals surface area contributed by atoms with E-state index in [4.69, 9.17) is 21.1 Å². The lowest BCUT2D eigenvalue weighted by Gasteiger charge is -2.08. The number of halogens is 1. The maximum Gasteiger partial charge on any atom is 0.338 e. The molecule has 0 radical (unpaired) electrons. The number of ether oxygens (including phenoxy) is 2. The van der Waals surface area contributed by atoms with Gasteiger partial charge in [0, 0.05) is 5.56 Å². The van der Waals surface area contributed by atoms with Crippen molar-refractivity contribution in [2.45, 2.75) is 13.8 Å². The van der Waals surface area contributed by atoms with Crippen LogP contribution in [0.4, 0.5) is 0 Å². The lowest BCUT2D eigenvalue weighted by molar-refractivity contribution is 0.0474. The van der Waals surface area contributed by atoms with Gasteiger partial charge in [-0.3, -0.25) is 4.79 Å². The molecule has 4 nitrogen and oxygen atoms in total. The molecule has 2 aromatic rings. The molecule has 5 heteroatoms. The normalized spacial score (nSPS) is 10.3. The summed E-state index contributed by atoms with van der Waals surface area (Å²) < 4.78 is 10.1. The molecule has 0 aliphatic rings. The van der Waals surface area contributed by atoms with Crippen molar-refractivity contribution in [3.8, 4) is 5.75 Å². The first kappa shape index (κ1) is 17.0. The van der Waals surface area contributed by atoms with E-state index in [1.807, 2.05) is 26.0 Å². The van der Waals surface area contributed by atoms with Gasteiger partial charge in [0.25, 0.3) is 0 Å². The zero-order valence-electron chi connectivity index (χ0n) is 13.2. The third-order valence-corrected chi connectivity index (χ3v) is 3.72. The van der Waals surface area contributed by atoms with Gasteiger partial charge in [-0.1, -0.05) is 29.3 Å². The van der Waals surface area contributed by atoms with Gasteiger partial charge in [-0.15, -0.1) is 0 Å². The number of aryl methyl sites for hydroxylation is 2. The summed E-state index contributed by atoms with van der Waals surface area (Å²) in [5.74, 6) is -0.358. The number of benzene rings is 2. The van der Waals surface area contributed by atoms with Crippen molar-refractivity contribution in [3.63, 3.8) is 0 Å². The molecule has 23 heavy (non-hydrogen) atoms. The maximum atomic E-state index is 12.1. The number of esters is 1. The molecule has 0 spiro atoms. The summed E-state index contributed by atoms with van der Waals surface area (Å²) in [5.41, 5.74) is 2.59. The van der Waals surface area contributed by atoms with Gasteiger partial charge in [-0.25, -0.2) is 4.79 Å². The zero-order valence-corrected chi connectivity index (χ0v) is 13.9. The van der Waals surface area contributed by atoms with E-state index in [0.29, 0.717) is 21.9 Å². The number of Topliss-reactive ketones (excluding diaryl/α,β-unsaturated/α-hetero) is 1. The minimum atomic E-state index is -0.515. The highest BCUT2D eigenvalue weighted by molar-refractivity contribution is 6.32. The van der Waals surface area contributed by atoms with Crippen LogP contribution in [0.25, 0.3) is 0 Å². The first-order chi connectivity index (χ1) is 10.9. The summed E-state index contributed by atoms with van der Waals surface area (Å²) in [4.78, 5) is 24.2. The van der Waals surface area contributed by atoms with Crippen LogP contribution in [0.3, 0.4) is 0 Å². The molecule has 2 rings (SSSR count). The molecule has 0 saturated heterocycles. The molecule has 0 aliphatic carbocycles. The Bertz CT molecular complexity index is 753. The number of hydrogen-bond donors (Lipinski definition) is 0. The van der Waals surface area contributed by atoms with E-state index in [-0.39, 0.29) is 12.4 Å². The zero-order chi connectivity index (χ0) is 17.0. The van der Waals surface area contributed by atoms with E-state index in [9.17, 15) is 9.59 Å². The molecular weight excluding hydrogens is 316 g/mol. The Morgan fingerprint density at radius 1 is 1.09 bits per heavy atom. The summed E-state index contributed by atoms with van der Waals surface area (Å²) in [5, 5.41) is 0.333. The molecule has 0 amide bonds. The maximum absolute atomic E-state index is 12.1. The number of carbonyl (C=O) groups is 2. The Kier molecular flexibility index (Phi) is 5.40. The molecule has 0 fully saturated rings. The first-order valence-electron chi connectivity index (χ1n) is 7.03. The van der Waals surface area contributed by atoms with Crippen LogP contribution in [0.15, 0.2) is 36.4 Å². The fraction of sp³-hybridized carbons (Fsp3) is 0.222. The SMILES string of the molecule is COc1ccc(C(=O)COC(=O)c2cc(C)ccc2C)cc1Cl. The molecule has 0 heterocycles. The topological polar surface area (TPSA) is 52.6 Å². The highest BCUT2D eigenvalue weighted by Gasteiger charge is 2.15. The quantitative estimate of drug-likeness (QED) is 0.613. The predicted octanol–water partition coefficient (Wildman–Crippen LogP) is 4.01. The third kappa shape index (κ3) is 4.11. The van der Waals surface area contributed by atoms with Crippen molar-refractivity contribution in [1.29, 1.82) is 0 Å².